The normalized spacial score (nSPS) is 10.6. The third-order valence-electron chi connectivity index (χ3n) is 3.67. The number of rotatable bonds is 7. The number of carbonyl (C=O) groups is 2. The zero-order chi connectivity index (χ0) is 20.7. The van der Waals surface area contributed by atoms with E-state index in [0.717, 1.165) is 5.56 Å². The Kier molecular flexibility index (Phi) is 7.83. The van der Waals surface area contributed by atoms with E-state index in [-0.39, 0.29) is 6.42 Å². The van der Waals surface area contributed by atoms with Crippen LogP contribution in [0.15, 0.2) is 39.9 Å². The second-order valence-corrected chi connectivity index (χ2v) is 6.97. The number of aryl methyl sites for hydroxylation is 1. The van der Waals surface area contributed by atoms with Crippen molar-refractivity contribution in [3.63, 3.8) is 0 Å². The number of amides is 2. The van der Waals surface area contributed by atoms with Crippen molar-refractivity contribution in [1.82, 2.24) is 5.43 Å². The van der Waals surface area contributed by atoms with Gasteiger partial charge in [0.05, 0.1) is 24.9 Å². The number of hydrogen-bond donors (Lipinski definition) is 2. The molecule has 9 heteroatoms. The molecule has 0 aliphatic heterocycles. The van der Waals surface area contributed by atoms with Gasteiger partial charge in [-0.3, -0.25) is 9.59 Å². The number of ether oxygens (including phenoxy) is 2. The number of methoxy groups -OCH3 is 2. The first-order valence-corrected chi connectivity index (χ1v) is 9.30. The van der Waals surface area contributed by atoms with E-state index in [9.17, 15) is 9.59 Å². The van der Waals surface area contributed by atoms with E-state index in [2.05, 4.69) is 31.8 Å². The Hall–Kier alpha value is -2.58. The Morgan fingerprint density at radius 2 is 1.86 bits per heavy atom. The number of benzene rings is 2. The molecule has 0 saturated carbocycles. The summed E-state index contributed by atoms with van der Waals surface area (Å²) in [5, 5.41) is 7.01. The van der Waals surface area contributed by atoms with Crippen molar-refractivity contribution in [2.45, 2.75) is 13.3 Å². The maximum absolute atomic E-state index is 12.0. The van der Waals surface area contributed by atoms with E-state index in [0.29, 0.717) is 32.2 Å². The number of nitrogens with one attached hydrogen (secondary N) is 2. The summed E-state index contributed by atoms with van der Waals surface area (Å²) in [5.74, 6) is 0.0915. The largest absolute Gasteiger partial charge is 0.496 e. The molecule has 0 heterocycles. The van der Waals surface area contributed by atoms with Crippen LogP contribution in [-0.4, -0.2) is 32.2 Å². The fraction of sp³-hybridized carbons (Fsp3) is 0.211. The van der Waals surface area contributed by atoms with Crippen LogP contribution in [0.2, 0.25) is 5.02 Å². The molecular weight excluding hydrogens is 450 g/mol. The summed E-state index contributed by atoms with van der Waals surface area (Å²) < 4.78 is 11.2. The van der Waals surface area contributed by atoms with Gasteiger partial charge in [0.2, 0.25) is 11.8 Å². The van der Waals surface area contributed by atoms with Gasteiger partial charge >= 0.3 is 0 Å². The monoisotopic (exact) mass is 467 g/mol. The Bertz CT molecular complexity index is 918. The van der Waals surface area contributed by atoms with Crippen molar-refractivity contribution in [2.75, 3.05) is 19.5 Å². The zero-order valence-corrected chi connectivity index (χ0v) is 17.8. The fourth-order valence-electron chi connectivity index (χ4n) is 2.22. The number of nitrogens with zero attached hydrogens (tertiary/aromatic N) is 1. The topological polar surface area (TPSA) is 89.0 Å². The molecular formula is C19H19BrClN3O4. The van der Waals surface area contributed by atoms with Crippen LogP contribution in [0, 0.1) is 6.92 Å². The van der Waals surface area contributed by atoms with Gasteiger partial charge in [-0.25, -0.2) is 5.43 Å². The molecule has 148 valence electrons. The molecule has 0 atom stereocenters. The van der Waals surface area contributed by atoms with E-state index in [1.165, 1.54) is 13.3 Å². The van der Waals surface area contributed by atoms with Gasteiger partial charge in [-0.2, -0.15) is 5.10 Å². The molecule has 0 aliphatic carbocycles. The number of anilines is 1. The quantitative estimate of drug-likeness (QED) is 0.366. The van der Waals surface area contributed by atoms with Crippen LogP contribution in [0.4, 0.5) is 5.69 Å². The molecule has 7 nitrogen and oxygen atoms in total. The van der Waals surface area contributed by atoms with Crippen LogP contribution >= 0.6 is 27.5 Å². The van der Waals surface area contributed by atoms with E-state index >= 15 is 0 Å². The number of carbonyl (C=O) groups excluding carboxylic acids is 2. The Morgan fingerprint density at radius 3 is 2.50 bits per heavy atom. The fourth-order valence-corrected chi connectivity index (χ4v) is 2.92. The summed E-state index contributed by atoms with van der Waals surface area (Å²) in [4.78, 5) is 23.9. The van der Waals surface area contributed by atoms with E-state index in [1.807, 2.05) is 6.92 Å². The first-order chi connectivity index (χ1) is 13.3. The van der Waals surface area contributed by atoms with Crippen LogP contribution in [0.3, 0.4) is 0 Å². The average molecular weight is 469 g/mol. The molecule has 0 unspecified atom stereocenters. The Balaban J connectivity index is 1.93. The smallest absolute Gasteiger partial charge is 0.249 e. The lowest BCUT2D eigenvalue weighted by Crippen LogP contribution is -2.24. The third-order valence-corrected chi connectivity index (χ3v) is 4.70. The van der Waals surface area contributed by atoms with Crippen molar-refractivity contribution >= 4 is 51.2 Å². The lowest BCUT2D eigenvalue weighted by molar-refractivity contribution is -0.126. The first-order valence-electron chi connectivity index (χ1n) is 8.13. The maximum Gasteiger partial charge on any atom is 0.249 e. The first kappa shape index (κ1) is 21.7. The molecule has 0 aliphatic rings. The number of hydrogen-bond acceptors (Lipinski definition) is 5. The van der Waals surface area contributed by atoms with Crippen molar-refractivity contribution in [3.8, 4) is 11.5 Å². The second-order valence-electron chi connectivity index (χ2n) is 5.71. The summed E-state index contributed by atoms with van der Waals surface area (Å²) >= 11 is 9.39. The molecule has 2 amide bonds. The maximum atomic E-state index is 12.0. The molecule has 0 spiro atoms. The van der Waals surface area contributed by atoms with Gasteiger partial charge in [0.25, 0.3) is 0 Å². The van der Waals surface area contributed by atoms with E-state index in [4.69, 9.17) is 21.1 Å². The molecule has 2 aromatic rings. The summed E-state index contributed by atoms with van der Waals surface area (Å²) in [7, 11) is 3.06. The van der Waals surface area contributed by atoms with Gasteiger partial charge in [0.15, 0.2) is 0 Å². The highest BCUT2D eigenvalue weighted by Gasteiger charge is 2.11. The Morgan fingerprint density at radius 1 is 1.14 bits per heavy atom. The summed E-state index contributed by atoms with van der Waals surface area (Å²) in [6.45, 7) is 1.86. The zero-order valence-electron chi connectivity index (χ0n) is 15.5. The van der Waals surface area contributed by atoms with Crippen LogP contribution in [0.1, 0.15) is 17.5 Å². The van der Waals surface area contributed by atoms with Crippen LogP contribution in [-0.2, 0) is 9.59 Å². The van der Waals surface area contributed by atoms with Gasteiger partial charge < -0.3 is 14.8 Å². The molecule has 0 aromatic heterocycles. The minimum absolute atomic E-state index is 0.383. The summed E-state index contributed by atoms with van der Waals surface area (Å²) in [5.41, 5.74) is 4.34. The van der Waals surface area contributed by atoms with Crippen molar-refractivity contribution in [2.24, 2.45) is 5.10 Å². The highest BCUT2D eigenvalue weighted by atomic mass is 79.9. The van der Waals surface area contributed by atoms with Gasteiger partial charge in [0.1, 0.15) is 17.9 Å². The molecule has 0 fully saturated rings. The lowest BCUT2D eigenvalue weighted by atomic mass is 10.2. The lowest BCUT2D eigenvalue weighted by Gasteiger charge is -2.09. The van der Waals surface area contributed by atoms with Crippen molar-refractivity contribution in [3.05, 3.63) is 51.0 Å². The standard InChI is InChI=1S/C19H19BrClN3O4/c1-11-4-5-13(7-15(11)21)23-18(25)9-19(26)24-22-10-12-6-14(20)17(28-3)8-16(12)27-2/h4-8,10H,9H2,1-3H3,(H,23,25)(H,24,26). The van der Waals surface area contributed by atoms with Gasteiger partial charge in [-0.1, -0.05) is 17.7 Å². The van der Waals surface area contributed by atoms with Crippen LogP contribution < -0.4 is 20.2 Å². The van der Waals surface area contributed by atoms with E-state index in [1.54, 1.807) is 37.4 Å². The number of hydrazone groups is 1. The van der Waals surface area contributed by atoms with E-state index < -0.39 is 11.8 Å². The predicted octanol–water partition coefficient (Wildman–Crippen LogP) is 3.91. The molecule has 0 radical (unpaired) electrons. The summed E-state index contributed by atoms with van der Waals surface area (Å²) in [6.07, 6.45) is 1.03. The molecule has 2 N–H and O–H groups in total. The van der Waals surface area contributed by atoms with Gasteiger partial charge in [-0.15, -0.1) is 0 Å². The molecule has 0 saturated heterocycles. The minimum atomic E-state index is -0.557. The molecule has 0 bridgehead atoms. The van der Waals surface area contributed by atoms with Gasteiger partial charge in [-0.05, 0) is 46.6 Å². The highest BCUT2D eigenvalue weighted by molar-refractivity contribution is 9.10. The average Bonchev–Trinajstić information content (AvgIpc) is 2.64. The van der Waals surface area contributed by atoms with Crippen LogP contribution in [0.5, 0.6) is 11.5 Å². The highest BCUT2D eigenvalue weighted by Crippen LogP contribution is 2.31. The van der Waals surface area contributed by atoms with Gasteiger partial charge in [0, 0.05) is 22.3 Å². The SMILES string of the molecule is COc1cc(OC)c(C=NNC(=O)CC(=O)Nc2ccc(C)c(Cl)c2)cc1Br. The molecule has 2 aromatic carbocycles. The molecule has 28 heavy (non-hydrogen) atoms. The second kappa shape index (κ2) is 10.1. The number of halogens is 2. The van der Waals surface area contributed by atoms with Crippen molar-refractivity contribution in [1.29, 1.82) is 0 Å². The van der Waals surface area contributed by atoms with Crippen LogP contribution in [0.25, 0.3) is 0 Å². The minimum Gasteiger partial charge on any atom is -0.496 e. The third kappa shape index (κ3) is 5.97. The molecule has 2 rings (SSSR count). The Labute approximate surface area is 176 Å². The summed E-state index contributed by atoms with van der Waals surface area (Å²) in [6, 6.07) is 8.54. The predicted molar refractivity (Wildman–Crippen MR) is 112 cm³/mol. The van der Waals surface area contributed by atoms with Crippen molar-refractivity contribution < 1.29 is 19.1 Å².